The second-order valence-electron chi connectivity index (χ2n) is 7.84. The zero-order chi connectivity index (χ0) is 21.3. The van der Waals surface area contributed by atoms with Gasteiger partial charge in [-0.25, -0.2) is 9.37 Å². The highest BCUT2D eigenvalue weighted by Crippen LogP contribution is 2.18. The molecule has 0 aliphatic carbocycles. The number of rotatable bonds is 9. The molecule has 0 bridgehead atoms. The maximum atomic E-state index is 13.7. The average Bonchev–Trinajstić information content (AvgIpc) is 3.16. The smallest absolute Gasteiger partial charge is 0.260 e. The average molecular weight is 433 g/mol. The molecule has 2 amide bonds. The number of halogens is 1. The summed E-state index contributed by atoms with van der Waals surface area (Å²) in [5.74, 6) is -0.374. The molecule has 1 saturated heterocycles. The first kappa shape index (κ1) is 22.4. The number of unbranched alkanes of at least 4 members (excludes halogenated alkanes) is 1. The van der Waals surface area contributed by atoms with Crippen molar-refractivity contribution < 1.29 is 14.0 Å². The summed E-state index contributed by atoms with van der Waals surface area (Å²) < 4.78 is 13.7. The van der Waals surface area contributed by atoms with E-state index in [9.17, 15) is 14.0 Å². The second kappa shape index (κ2) is 11.2. The van der Waals surface area contributed by atoms with E-state index in [-0.39, 0.29) is 17.9 Å². The molecule has 0 spiro atoms. The lowest BCUT2D eigenvalue weighted by Crippen LogP contribution is -2.34. The van der Waals surface area contributed by atoms with Gasteiger partial charge in [-0.05, 0) is 63.4 Å². The molecule has 0 atom stereocenters. The van der Waals surface area contributed by atoms with Crippen LogP contribution in [0, 0.1) is 11.7 Å². The number of nitrogens with zero attached hydrogens (tertiary/aromatic N) is 2. The maximum Gasteiger partial charge on any atom is 0.260 e. The predicted molar refractivity (Wildman–Crippen MR) is 117 cm³/mol. The fourth-order valence-electron chi connectivity index (χ4n) is 3.46. The summed E-state index contributed by atoms with van der Waals surface area (Å²) in [5.41, 5.74) is 0.551. The zero-order valence-corrected chi connectivity index (χ0v) is 18.1. The van der Waals surface area contributed by atoms with Crippen LogP contribution < -0.4 is 10.6 Å². The summed E-state index contributed by atoms with van der Waals surface area (Å²) in [6, 6.07) is 5.78. The topological polar surface area (TPSA) is 74.3 Å². The SMILES string of the molecule is CC1CCN(CCCCNC(=O)Cc2csc(NC(=O)c3ccccc3F)n2)CC1. The van der Waals surface area contributed by atoms with Crippen molar-refractivity contribution in [2.24, 2.45) is 5.92 Å². The lowest BCUT2D eigenvalue weighted by Gasteiger charge is -2.30. The summed E-state index contributed by atoms with van der Waals surface area (Å²) in [7, 11) is 0. The van der Waals surface area contributed by atoms with Crippen LogP contribution in [-0.2, 0) is 11.2 Å². The molecule has 2 aromatic rings. The minimum Gasteiger partial charge on any atom is -0.356 e. The first-order valence-corrected chi connectivity index (χ1v) is 11.4. The number of aromatic nitrogens is 1. The van der Waals surface area contributed by atoms with Gasteiger partial charge in [0.25, 0.3) is 5.91 Å². The quantitative estimate of drug-likeness (QED) is 0.593. The van der Waals surface area contributed by atoms with Crippen molar-refractivity contribution in [2.45, 2.75) is 39.0 Å². The van der Waals surface area contributed by atoms with Gasteiger partial charge in [0, 0.05) is 11.9 Å². The Morgan fingerprint density at radius 3 is 2.77 bits per heavy atom. The predicted octanol–water partition coefficient (Wildman–Crippen LogP) is 3.71. The van der Waals surface area contributed by atoms with Crippen LogP contribution in [0.2, 0.25) is 0 Å². The minimum absolute atomic E-state index is 0.0361. The first-order valence-electron chi connectivity index (χ1n) is 10.5. The van der Waals surface area contributed by atoms with E-state index in [1.165, 1.54) is 55.5 Å². The second-order valence-corrected chi connectivity index (χ2v) is 8.69. The number of hydrogen-bond donors (Lipinski definition) is 2. The van der Waals surface area contributed by atoms with Crippen LogP contribution in [0.25, 0.3) is 0 Å². The highest BCUT2D eigenvalue weighted by Gasteiger charge is 2.15. The number of carbonyl (C=O) groups is 2. The third-order valence-electron chi connectivity index (χ3n) is 5.33. The van der Waals surface area contributed by atoms with Crippen molar-refractivity contribution in [1.29, 1.82) is 0 Å². The minimum atomic E-state index is -0.582. The Morgan fingerprint density at radius 1 is 1.23 bits per heavy atom. The highest BCUT2D eigenvalue weighted by atomic mass is 32.1. The van der Waals surface area contributed by atoms with Crippen molar-refractivity contribution in [3.05, 3.63) is 46.7 Å². The molecule has 1 aromatic carbocycles. The van der Waals surface area contributed by atoms with Gasteiger partial charge in [-0.15, -0.1) is 11.3 Å². The fraction of sp³-hybridized carbons (Fsp3) is 0.500. The van der Waals surface area contributed by atoms with Crippen LogP contribution in [0.1, 0.15) is 48.7 Å². The lowest BCUT2D eigenvalue weighted by atomic mass is 9.99. The Hall–Kier alpha value is -2.32. The van der Waals surface area contributed by atoms with Crippen LogP contribution in [0.3, 0.4) is 0 Å². The molecule has 2 heterocycles. The molecular weight excluding hydrogens is 403 g/mol. The van der Waals surface area contributed by atoms with E-state index in [1.54, 1.807) is 11.4 Å². The molecule has 162 valence electrons. The van der Waals surface area contributed by atoms with Crippen molar-refractivity contribution in [2.75, 3.05) is 31.5 Å². The highest BCUT2D eigenvalue weighted by molar-refractivity contribution is 7.14. The molecule has 1 aromatic heterocycles. The molecule has 30 heavy (non-hydrogen) atoms. The number of likely N-dealkylation sites (tertiary alicyclic amines) is 1. The first-order chi connectivity index (χ1) is 14.5. The van der Waals surface area contributed by atoms with Gasteiger partial charge in [0.1, 0.15) is 5.82 Å². The number of amides is 2. The van der Waals surface area contributed by atoms with E-state index in [4.69, 9.17) is 0 Å². The molecule has 1 aliphatic rings. The normalized spacial score (nSPS) is 15.1. The van der Waals surface area contributed by atoms with Gasteiger partial charge in [-0.1, -0.05) is 19.1 Å². The largest absolute Gasteiger partial charge is 0.356 e. The maximum absolute atomic E-state index is 13.7. The number of nitrogens with one attached hydrogen (secondary N) is 2. The molecule has 0 saturated carbocycles. The zero-order valence-electron chi connectivity index (χ0n) is 17.3. The summed E-state index contributed by atoms with van der Waals surface area (Å²) in [5, 5.41) is 7.59. The Labute approximate surface area is 180 Å². The van der Waals surface area contributed by atoms with Gasteiger partial charge in [-0.3, -0.25) is 14.9 Å². The molecule has 1 aliphatic heterocycles. The molecular formula is C22H29FN4O2S. The molecule has 1 fully saturated rings. The van der Waals surface area contributed by atoms with Gasteiger partial charge >= 0.3 is 0 Å². The Kier molecular flexibility index (Phi) is 8.33. The van der Waals surface area contributed by atoms with Crippen LogP contribution in [-0.4, -0.2) is 47.9 Å². The third-order valence-corrected chi connectivity index (χ3v) is 6.14. The van der Waals surface area contributed by atoms with E-state index in [1.807, 2.05) is 0 Å². The van der Waals surface area contributed by atoms with E-state index in [0.29, 0.717) is 17.4 Å². The van der Waals surface area contributed by atoms with Gasteiger partial charge in [0.05, 0.1) is 17.7 Å². The van der Waals surface area contributed by atoms with Crippen LogP contribution >= 0.6 is 11.3 Å². The standard InChI is InChI=1S/C22H29FN4O2S/c1-16-8-12-27(13-9-16)11-5-4-10-24-20(28)14-17-15-30-22(25-17)26-21(29)18-6-2-3-7-19(18)23/h2-3,6-7,15-16H,4-5,8-14H2,1H3,(H,24,28)(H,25,26,29). The number of piperidine rings is 1. The Bertz CT molecular complexity index is 849. The molecule has 8 heteroatoms. The van der Waals surface area contributed by atoms with Crippen LogP contribution in [0.15, 0.2) is 29.6 Å². The lowest BCUT2D eigenvalue weighted by molar-refractivity contribution is -0.120. The van der Waals surface area contributed by atoms with Crippen LogP contribution in [0.4, 0.5) is 9.52 Å². The van der Waals surface area contributed by atoms with E-state index in [0.717, 1.165) is 25.3 Å². The number of anilines is 1. The van der Waals surface area contributed by atoms with Gasteiger partial charge in [-0.2, -0.15) is 0 Å². The molecule has 3 rings (SSSR count). The molecule has 2 N–H and O–H groups in total. The fourth-order valence-corrected chi connectivity index (χ4v) is 4.16. The summed E-state index contributed by atoms with van der Waals surface area (Å²) in [6.45, 7) is 6.44. The molecule has 6 nitrogen and oxygen atoms in total. The van der Waals surface area contributed by atoms with Crippen LogP contribution in [0.5, 0.6) is 0 Å². The summed E-state index contributed by atoms with van der Waals surface area (Å²) >= 11 is 1.22. The summed E-state index contributed by atoms with van der Waals surface area (Å²) in [6.07, 6.45) is 4.77. The Balaban J connectivity index is 1.33. The number of hydrogen-bond acceptors (Lipinski definition) is 5. The van der Waals surface area contributed by atoms with Gasteiger partial charge in [0.2, 0.25) is 5.91 Å². The van der Waals surface area contributed by atoms with Gasteiger partial charge < -0.3 is 10.2 Å². The Morgan fingerprint density at radius 2 is 2.00 bits per heavy atom. The van der Waals surface area contributed by atoms with E-state index >= 15 is 0 Å². The van der Waals surface area contributed by atoms with Gasteiger partial charge in [0.15, 0.2) is 5.13 Å². The number of thiazole rings is 1. The molecule has 0 unspecified atom stereocenters. The van der Waals surface area contributed by atoms with E-state index < -0.39 is 11.7 Å². The van der Waals surface area contributed by atoms with Crippen molar-refractivity contribution in [1.82, 2.24) is 15.2 Å². The number of carbonyl (C=O) groups excluding carboxylic acids is 2. The number of benzene rings is 1. The van der Waals surface area contributed by atoms with Crippen molar-refractivity contribution in [3.8, 4) is 0 Å². The summed E-state index contributed by atoms with van der Waals surface area (Å²) in [4.78, 5) is 31.0. The third kappa shape index (κ3) is 6.88. The monoisotopic (exact) mass is 432 g/mol. The van der Waals surface area contributed by atoms with Crippen molar-refractivity contribution in [3.63, 3.8) is 0 Å². The van der Waals surface area contributed by atoms with Crippen molar-refractivity contribution >= 4 is 28.3 Å². The van der Waals surface area contributed by atoms with E-state index in [2.05, 4.69) is 27.4 Å². The molecule has 0 radical (unpaired) electrons.